The zero-order chi connectivity index (χ0) is 20.0. The highest BCUT2D eigenvalue weighted by molar-refractivity contribution is 6.08. The summed E-state index contributed by atoms with van der Waals surface area (Å²) in [5.74, 6) is -1.97. The van der Waals surface area contributed by atoms with Crippen molar-refractivity contribution in [2.45, 2.75) is 0 Å². The summed E-state index contributed by atoms with van der Waals surface area (Å²) < 4.78 is 5.93. The molecule has 2 aliphatic rings. The lowest BCUT2D eigenvalue weighted by molar-refractivity contribution is -0.172. The molecule has 1 heterocycles. The summed E-state index contributed by atoms with van der Waals surface area (Å²) >= 11 is 0. The molecule has 0 amide bonds. The summed E-state index contributed by atoms with van der Waals surface area (Å²) in [7, 11) is 0. The first-order valence-electron chi connectivity index (χ1n) is 8.31. The second-order valence-electron chi connectivity index (χ2n) is 6.36. The molecule has 1 aliphatic heterocycles. The molecule has 29 heavy (non-hydrogen) atoms. The lowest BCUT2D eigenvalue weighted by Crippen LogP contribution is -3.00. The van der Waals surface area contributed by atoms with Crippen LogP contribution in [0.4, 0.5) is 5.69 Å². The van der Waals surface area contributed by atoms with E-state index in [1.165, 1.54) is 12.1 Å². The second-order valence-corrected chi connectivity index (χ2v) is 6.36. The van der Waals surface area contributed by atoms with E-state index in [1.54, 1.807) is 36.4 Å². The van der Waals surface area contributed by atoms with Gasteiger partial charge in [0.25, 0.3) is 0 Å². The summed E-state index contributed by atoms with van der Waals surface area (Å²) in [5, 5.41) is 25.9. The number of aromatic carboxylic acids is 2. The van der Waals surface area contributed by atoms with Gasteiger partial charge in [0.1, 0.15) is 11.3 Å². The van der Waals surface area contributed by atoms with E-state index in [1.807, 2.05) is 0 Å². The van der Waals surface area contributed by atoms with Crippen LogP contribution < -0.4 is 28.9 Å². The number of rotatable bonds is 3. The van der Waals surface area contributed by atoms with Gasteiger partial charge in [-0.2, -0.15) is 0 Å². The molecular formula is C21H15ClN2O5. The van der Waals surface area contributed by atoms with Gasteiger partial charge < -0.3 is 32.8 Å². The molecule has 6 N–H and O–H groups in total. The highest BCUT2D eigenvalue weighted by Crippen LogP contribution is 2.41. The highest BCUT2D eigenvalue weighted by atomic mass is 35.5. The largest absolute Gasteiger partial charge is 1.00 e. The zero-order valence-electron chi connectivity index (χ0n) is 14.8. The minimum absolute atomic E-state index is 0. The highest BCUT2D eigenvalue weighted by Gasteiger charge is 2.23. The molecule has 8 heteroatoms. The summed E-state index contributed by atoms with van der Waals surface area (Å²) in [6.45, 7) is 0. The van der Waals surface area contributed by atoms with Gasteiger partial charge in [-0.1, -0.05) is 6.07 Å². The van der Waals surface area contributed by atoms with Crippen LogP contribution in [0.1, 0.15) is 20.7 Å². The number of nitrogens with two attached hydrogens (primary N) is 2. The second kappa shape index (κ2) is 7.29. The van der Waals surface area contributed by atoms with E-state index in [0.29, 0.717) is 44.5 Å². The summed E-state index contributed by atoms with van der Waals surface area (Å²) in [5.41, 5.74) is 8.22. The van der Waals surface area contributed by atoms with E-state index < -0.39 is 11.9 Å². The quantitative estimate of drug-likeness (QED) is 0.248. The van der Waals surface area contributed by atoms with Crippen molar-refractivity contribution in [3.8, 4) is 22.5 Å². The smallest absolute Gasteiger partial charge is 0.336 e. The Balaban J connectivity index is 0.00000240. The molecule has 2 aromatic rings. The van der Waals surface area contributed by atoms with Crippen molar-refractivity contribution in [3.05, 3.63) is 71.1 Å². The van der Waals surface area contributed by atoms with Gasteiger partial charge >= 0.3 is 11.9 Å². The van der Waals surface area contributed by atoms with E-state index in [2.05, 4.69) is 0 Å². The normalized spacial score (nSPS) is 10.6. The molecule has 4 rings (SSSR count). The van der Waals surface area contributed by atoms with E-state index in [0.717, 1.165) is 6.07 Å². The maximum atomic E-state index is 11.9. The molecule has 0 spiro atoms. The minimum Gasteiger partial charge on any atom is -1.00 e. The molecule has 2 aromatic carbocycles. The molecule has 0 bridgehead atoms. The topological polar surface area (TPSA) is 139 Å². The van der Waals surface area contributed by atoms with Gasteiger partial charge in [-0.05, 0) is 35.9 Å². The summed E-state index contributed by atoms with van der Waals surface area (Å²) in [6, 6.07) is 14.2. The van der Waals surface area contributed by atoms with Gasteiger partial charge in [-0.15, -0.1) is 0 Å². The number of benzene rings is 3. The number of carboxylic acid groups (broad SMARTS) is 2. The third-order valence-corrected chi connectivity index (χ3v) is 4.54. The molecule has 0 unspecified atom stereocenters. The van der Waals surface area contributed by atoms with Crippen molar-refractivity contribution in [3.63, 3.8) is 0 Å². The Kier molecular flexibility index (Phi) is 5.01. The van der Waals surface area contributed by atoms with Crippen molar-refractivity contribution in [1.82, 2.24) is 0 Å². The minimum atomic E-state index is -1.23. The molecule has 7 nitrogen and oxygen atoms in total. The number of carboxylic acids is 2. The van der Waals surface area contributed by atoms with Gasteiger partial charge in [-0.25, -0.2) is 9.59 Å². The van der Waals surface area contributed by atoms with Crippen molar-refractivity contribution in [2.24, 2.45) is 0 Å². The van der Waals surface area contributed by atoms with Gasteiger partial charge in [0.15, 0.2) is 5.36 Å². The number of hydrogen-bond acceptors (Lipinski definition) is 4. The van der Waals surface area contributed by atoms with Crippen molar-refractivity contribution in [1.29, 1.82) is 0 Å². The van der Waals surface area contributed by atoms with Crippen molar-refractivity contribution < 1.29 is 42.0 Å². The number of anilines is 1. The van der Waals surface area contributed by atoms with Crippen molar-refractivity contribution >= 4 is 28.6 Å². The van der Waals surface area contributed by atoms with Gasteiger partial charge in [-0.3, -0.25) is 5.41 Å². The van der Waals surface area contributed by atoms with Crippen LogP contribution in [0, 0.1) is 0 Å². The Labute approximate surface area is 170 Å². The van der Waals surface area contributed by atoms with Crippen LogP contribution >= 0.6 is 0 Å². The fourth-order valence-electron chi connectivity index (χ4n) is 3.29. The molecule has 0 aromatic heterocycles. The standard InChI is InChI=1S/C21H14N2O5.ClH/c22-11-2-5-14-17(8-11)28-18-9-12(23)3-6-15(18)19(14)13-4-1-10(20(24)25)7-16(13)21(26)27;/h1-9,22H,23H2,(H,24,25)(H,26,27);1H. The SMILES string of the molecule is Nc1ccc2c(-c3ccc(C(=O)O)cc3C(=O)O)c3ccc(=[NH2+])cc-3oc2c1.[Cl-]. The lowest BCUT2D eigenvalue weighted by Gasteiger charge is -2.17. The predicted molar refractivity (Wildman–Crippen MR) is 102 cm³/mol. The average Bonchev–Trinajstić information content (AvgIpc) is 2.65. The van der Waals surface area contributed by atoms with Crippen molar-refractivity contribution in [2.75, 3.05) is 5.73 Å². The number of fused-ring (bicyclic) bond motifs is 2. The van der Waals surface area contributed by atoms with Crippen LogP contribution in [0.5, 0.6) is 0 Å². The third kappa shape index (κ3) is 3.39. The molecule has 0 atom stereocenters. The molecular weight excluding hydrogens is 396 g/mol. The van der Waals surface area contributed by atoms with Gasteiger partial charge in [0.2, 0.25) is 0 Å². The Morgan fingerprint density at radius 2 is 1.62 bits per heavy atom. The van der Waals surface area contributed by atoms with Crippen LogP contribution in [0.3, 0.4) is 0 Å². The number of halogens is 1. The molecule has 0 saturated carbocycles. The maximum absolute atomic E-state index is 11.9. The number of carbonyl (C=O) groups is 2. The van der Waals surface area contributed by atoms with E-state index >= 15 is 0 Å². The van der Waals surface area contributed by atoms with Gasteiger partial charge in [0, 0.05) is 34.3 Å². The Hall–Kier alpha value is -3.84. The van der Waals surface area contributed by atoms with Crippen LogP contribution in [-0.4, -0.2) is 22.2 Å². The fourth-order valence-corrected chi connectivity index (χ4v) is 3.29. The molecule has 0 fully saturated rings. The van der Waals surface area contributed by atoms with E-state index in [4.69, 9.17) is 15.6 Å². The molecule has 0 saturated heterocycles. The first-order valence-corrected chi connectivity index (χ1v) is 8.31. The van der Waals surface area contributed by atoms with E-state index in [9.17, 15) is 19.8 Å². The Morgan fingerprint density at radius 3 is 2.31 bits per heavy atom. The van der Waals surface area contributed by atoms with Gasteiger partial charge in [0.05, 0.1) is 17.2 Å². The Morgan fingerprint density at radius 1 is 0.897 bits per heavy atom. The predicted octanol–water partition coefficient (Wildman–Crippen LogP) is -1.15. The van der Waals surface area contributed by atoms with Crippen LogP contribution in [0.2, 0.25) is 0 Å². The van der Waals surface area contributed by atoms with E-state index in [-0.39, 0.29) is 23.5 Å². The molecule has 0 radical (unpaired) electrons. The number of hydrogen-bond donors (Lipinski definition) is 4. The Bertz CT molecular complexity index is 1310. The molecule has 1 aliphatic carbocycles. The van der Waals surface area contributed by atoms with Crippen LogP contribution in [-0.2, 0) is 0 Å². The molecule has 146 valence electrons. The zero-order valence-corrected chi connectivity index (χ0v) is 15.6. The van der Waals surface area contributed by atoms with Crippen LogP contribution in [0.25, 0.3) is 33.4 Å². The maximum Gasteiger partial charge on any atom is 0.336 e. The first kappa shape index (κ1) is 19.9. The lowest BCUT2D eigenvalue weighted by atomic mass is 9.90. The average molecular weight is 411 g/mol. The number of nitrogen functional groups attached to an aromatic ring is 1. The summed E-state index contributed by atoms with van der Waals surface area (Å²) in [4.78, 5) is 23.2. The van der Waals surface area contributed by atoms with Crippen LogP contribution in [0.15, 0.2) is 59.0 Å². The monoisotopic (exact) mass is 410 g/mol. The first-order chi connectivity index (χ1) is 13.3. The third-order valence-electron chi connectivity index (χ3n) is 4.54. The summed E-state index contributed by atoms with van der Waals surface area (Å²) in [6.07, 6.45) is 0. The fraction of sp³-hybridized carbons (Fsp3) is 0.